The summed E-state index contributed by atoms with van der Waals surface area (Å²) in [5, 5.41) is 187. The van der Waals surface area contributed by atoms with Crippen molar-refractivity contribution in [3.63, 3.8) is 0 Å². The molecule has 4 bridgehead atoms. The van der Waals surface area contributed by atoms with Gasteiger partial charge in [-0.15, -0.1) is 0 Å². The van der Waals surface area contributed by atoms with E-state index < -0.39 is 256 Å². The molecule has 6 aromatic carbocycles. The van der Waals surface area contributed by atoms with Crippen LogP contribution in [0.3, 0.4) is 0 Å². The number of esters is 5. The molecule has 12 rings (SSSR count). The maximum absolute atomic E-state index is 15.4. The van der Waals surface area contributed by atoms with Crippen LogP contribution in [0.5, 0.6) is 97.7 Å². The number of phenolic OH excluding ortho intramolecular Hbond substituents is 15. The molecule has 9 atom stereocenters. The maximum atomic E-state index is 15.4. The third kappa shape index (κ3) is 7.60. The summed E-state index contributed by atoms with van der Waals surface area (Å²) in [5.74, 6) is -36.5. The summed E-state index contributed by atoms with van der Waals surface area (Å²) in [7, 11) is 0. The highest BCUT2D eigenvalue weighted by molar-refractivity contribution is 6.21. The minimum absolute atomic E-state index is 0.0519. The molecular weight excluding hydrogens is 1140 g/mol. The van der Waals surface area contributed by atoms with Gasteiger partial charge in [-0.3, -0.25) is 9.59 Å². The Labute approximate surface area is 469 Å². The molecule has 1 fully saturated rings. The van der Waals surface area contributed by atoms with E-state index in [1.807, 2.05) is 0 Å². The second-order valence-electron chi connectivity index (χ2n) is 20.2. The van der Waals surface area contributed by atoms with Crippen LogP contribution < -0.4 is 9.47 Å². The summed E-state index contributed by atoms with van der Waals surface area (Å²) < 4.78 is 42.5. The molecule has 30 nitrogen and oxygen atoms in total. The van der Waals surface area contributed by atoms with Crippen molar-refractivity contribution in [1.29, 1.82) is 0 Å². The van der Waals surface area contributed by atoms with Gasteiger partial charge in [-0.2, -0.15) is 0 Å². The molecule has 5 heterocycles. The highest BCUT2D eigenvalue weighted by Crippen LogP contribution is 2.67. The second-order valence-corrected chi connectivity index (χ2v) is 20.2. The van der Waals surface area contributed by atoms with Crippen molar-refractivity contribution in [1.82, 2.24) is 0 Å². The fourth-order valence-corrected chi connectivity index (χ4v) is 11.7. The molecule has 1 spiro atoms. The van der Waals surface area contributed by atoms with Crippen LogP contribution in [0.15, 0.2) is 60.4 Å². The lowest BCUT2D eigenvalue weighted by molar-refractivity contribution is -0.200. The van der Waals surface area contributed by atoms with Gasteiger partial charge in [-0.1, -0.05) is 6.07 Å². The molecule has 6 aromatic rings. The zero-order chi connectivity index (χ0) is 61.1. The number of aliphatic hydroxyl groups excluding tert-OH is 2. The number of fused-ring (bicyclic) bond motifs is 8. The molecule has 17 N–H and O–H groups in total. The average Bonchev–Trinajstić information content (AvgIpc) is 1.52. The molecular formula is C55H38O30. The number of aromatic hydroxyl groups is 15. The quantitative estimate of drug-likeness (QED) is 0.0684. The van der Waals surface area contributed by atoms with Gasteiger partial charge in [0.15, 0.2) is 93.4 Å². The van der Waals surface area contributed by atoms with Crippen LogP contribution in [-0.4, -0.2) is 165 Å². The van der Waals surface area contributed by atoms with E-state index in [4.69, 9.17) is 33.2 Å². The Morgan fingerprint density at radius 2 is 1.07 bits per heavy atom. The largest absolute Gasteiger partial charge is 0.507 e. The Morgan fingerprint density at radius 1 is 0.529 bits per heavy atom. The van der Waals surface area contributed by atoms with Crippen LogP contribution in [-0.2, 0) is 39.7 Å². The number of hydrogen-bond acceptors (Lipinski definition) is 30. The molecule has 0 unspecified atom stereocenters. The zero-order valence-corrected chi connectivity index (χ0v) is 42.1. The first-order valence-electron chi connectivity index (χ1n) is 24.7. The third-order valence-corrected chi connectivity index (χ3v) is 15.5. The smallest absolute Gasteiger partial charge is 0.339 e. The van der Waals surface area contributed by atoms with Crippen LogP contribution in [0.25, 0.3) is 16.7 Å². The van der Waals surface area contributed by atoms with Crippen molar-refractivity contribution < 1.29 is 149 Å². The van der Waals surface area contributed by atoms with Crippen molar-refractivity contribution in [3.8, 4) is 109 Å². The summed E-state index contributed by atoms with van der Waals surface area (Å²) in [6.07, 6.45) is -14.9. The summed E-state index contributed by atoms with van der Waals surface area (Å²) in [6.45, 7) is -1.57. The number of carbonyl (C=O) groups excluding carboxylic acids is 6. The van der Waals surface area contributed by atoms with Gasteiger partial charge < -0.3 is 120 Å². The lowest BCUT2D eigenvalue weighted by Gasteiger charge is -2.47. The molecule has 85 heavy (non-hydrogen) atoms. The standard InChI is InChI=1S/C55H38O30/c56-18-2-1-12(3-20(18)58)44-26(64)6-14-19(57)10-27-32(45(14)81-44)34-47-48(84-53(77)17-9-25(63)39(68)42(71)31(17)33-35(54(78)83-47)55(34,85-27)49(73)43(33)72)46-28(80-50(74)13-4-21(59)36(65)22(60)5-13)11-79-51(75)15-7-23(61)37(66)40(69)29(15)30-16(52(76)82-46)8-24(62)38(67)41(30)70/h1-5,7-10,26,28,34-35,44,46-48,56-72H,6,11H2/t26-,28-,34-,35-,44+,46-,47+,48+,55-/m1/s1. The molecule has 1 saturated heterocycles. The number of hydrogen-bond donors (Lipinski definition) is 17. The summed E-state index contributed by atoms with van der Waals surface area (Å²) in [5.41, 5.74) is -12.8. The molecule has 5 aliphatic heterocycles. The first kappa shape index (κ1) is 54.0. The number of Topliss-reactive ketones (excluding diaryl/α,β-unsaturated/α-hetero) is 1. The topological polar surface area (TPSA) is 511 Å². The molecule has 1 aliphatic carbocycles. The van der Waals surface area contributed by atoms with Crippen molar-refractivity contribution >= 4 is 41.2 Å². The van der Waals surface area contributed by atoms with Crippen molar-refractivity contribution in [2.45, 2.75) is 54.6 Å². The van der Waals surface area contributed by atoms with Crippen LogP contribution >= 0.6 is 0 Å². The number of cyclic esters (lactones) is 3. The maximum Gasteiger partial charge on any atom is 0.339 e. The van der Waals surface area contributed by atoms with Crippen molar-refractivity contribution in [2.24, 2.45) is 5.92 Å². The fraction of sp³-hybridized carbons (Fsp3) is 0.200. The monoisotopic (exact) mass is 1180 g/mol. The highest BCUT2D eigenvalue weighted by atomic mass is 16.6. The molecule has 0 amide bonds. The van der Waals surface area contributed by atoms with Gasteiger partial charge in [0, 0.05) is 45.9 Å². The van der Waals surface area contributed by atoms with E-state index in [1.165, 1.54) is 6.07 Å². The number of rotatable bonds is 4. The molecule has 438 valence electrons. The first-order valence-corrected chi connectivity index (χ1v) is 24.7. The predicted octanol–water partition coefficient (Wildman–Crippen LogP) is 2.44. The van der Waals surface area contributed by atoms with Crippen molar-refractivity contribution in [3.05, 3.63) is 105 Å². The van der Waals surface area contributed by atoms with Crippen LogP contribution in [0.2, 0.25) is 0 Å². The van der Waals surface area contributed by atoms with Gasteiger partial charge in [0.1, 0.15) is 35.9 Å². The Kier molecular flexibility index (Phi) is 11.8. The number of benzene rings is 6. The number of aliphatic hydroxyl groups is 2. The van der Waals surface area contributed by atoms with Gasteiger partial charge in [0.05, 0.1) is 34.3 Å². The Morgan fingerprint density at radius 3 is 1.66 bits per heavy atom. The van der Waals surface area contributed by atoms with Crippen LogP contribution in [0.1, 0.15) is 75.7 Å². The number of ether oxygens (including phenoxy) is 7. The summed E-state index contributed by atoms with van der Waals surface area (Å²) in [4.78, 5) is 90.1. The normalized spacial score (nSPS) is 24.5. The second kappa shape index (κ2) is 18.5. The zero-order valence-electron chi connectivity index (χ0n) is 42.1. The van der Waals surface area contributed by atoms with Gasteiger partial charge in [-0.05, 0) is 48.0 Å². The van der Waals surface area contributed by atoms with E-state index in [0.29, 0.717) is 30.3 Å². The van der Waals surface area contributed by atoms with Gasteiger partial charge in [0.25, 0.3) is 0 Å². The number of ketones is 1. The van der Waals surface area contributed by atoms with E-state index in [9.17, 15) is 96.4 Å². The molecule has 0 saturated carbocycles. The summed E-state index contributed by atoms with van der Waals surface area (Å²) >= 11 is 0. The van der Waals surface area contributed by atoms with E-state index in [-0.39, 0.29) is 11.1 Å². The minimum Gasteiger partial charge on any atom is -0.507 e. The van der Waals surface area contributed by atoms with E-state index in [0.717, 1.165) is 18.2 Å². The predicted molar refractivity (Wildman–Crippen MR) is 268 cm³/mol. The number of carbonyl (C=O) groups is 6. The lowest BCUT2D eigenvalue weighted by atomic mass is 9.66. The van der Waals surface area contributed by atoms with Crippen LogP contribution in [0, 0.1) is 5.92 Å². The Bertz CT molecular complexity index is 4100. The van der Waals surface area contributed by atoms with Gasteiger partial charge in [0.2, 0.25) is 28.6 Å². The lowest BCUT2D eigenvalue weighted by Crippen LogP contribution is -2.65. The molecule has 6 aliphatic rings. The SMILES string of the molecule is O=C(O[C@@H]1COC(=O)c2cc(O)c(O)c(O)c2-c2c(cc(O)c(O)c2O)C(=O)O[C@H]1[C@@H]1OC(=O)c2cc(O)c(O)c(O)c2C2=C(O)C(=O)[C@@]34Oc5cc(O)c6c(c5[C@@H]3[C@@H]1OC(=O)[C@@H]24)O[C@@H](c1ccc(O)c(O)c1)[C@H](O)C6)c1cc(O)c(O)c(O)c1. The van der Waals surface area contributed by atoms with Crippen LogP contribution in [0.4, 0.5) is 0 Å². The van der Waals surface area contributed by atoms with E-state index in [2.05, 4.69) is 0 Å². The molecule has 0 radical (unpaired) electrons. The minimum atomic E-state index is -3.09. The first-order chi connectivity index (χ1) is 40.2. The number of phenols is 15. The Hall–Kier alpha value is -11.6. The summed E-state index contributed by atoms with van der Waals surface area (Å²) in [6, 6.07) is 6.24. The highest BCUT2D eigenvalue weighted by Gasteiger charge is 2.76. The van der Waals surface area contributed by atoms with Crippen molar-refractivity contribution in [2.75, 3.05) is 6.61 Å². The molecule has 30 heteroatoms. The van der Waals surface area contributed by atoms with E-state index >= 15 is 19.2 Å². The fourth-order valence-electron chi connectivity index (χ4n) is 11.7. The third-order valence-electron chi connectivity index (χ3n) is 15.5. The Balaban J connectivity index is 1.15. The van der Waals surface area contributed by atoms with Gasteiger partial charge in [-0.25, -0.2) is 19.2 Å². The average molecular weight is 1180 g/mol. The van der Waals surface area contributed by atoms with Gasteiger partial charge >= 0.3 is 29.8 Å². The molecule has 0 aromatic heterocycles. The van der Waals surface area contributed by atoms with E-state index in [1.54, 1.807) is 0 Å².